The third-order valence-electron chi connectivity index (χ3n) is 3.31. The summed E-state index contributed by atoms with van der Waals surface area (Å²) >= 11 is 0. The number of piperidine rings is 1. The molecular weight excluding hydrogens is 231 g/mol. The van der Waals surface area contributed by atoms with E-state index in [0.29, 0.717) is 13.1 Å². The molecular formula is C14H17FN2O. The summed E-state index contributed by atoms with van der Waals surface area (Å²) in [5.41, 5.74) is 0.345. The first-order chi connectivity index (χ1) is 8.50. The zero-order valence-electron chi connectivity index (χ0n) is 10.5. The zero-order chi connectivity index (χ0) is 13.2. The molecule has 4 heteroatoms. The van der Waals surface area contributed by atoms with Gasteiger partial charge in [0.15, 0.2) is 0 Å². The quantitative estimate of drug-likeness (QED) is 0.871. The van der Waals surface area contributed by atoms with Crippen LogP contribution in [-0.4, -0.2) is 28.7 Å². The molecule has 2 rings (SSSR count). The van der Waals surface area contributed by atoms with Crippen molar-refractivity contribution in [3.05, 3.63) is 35.1 Å². The Balaban J connectivity index is 2.08. The predicted octanol–water partition coefficient (Wildman–Crippen LogP) is 2.04. The summed E-state index contributed by atoms with van der Waals surface area (Å²) in [5, 5.41) is 18.8. The molecule has 0 aliphatic carbocycles. The zero-order valence-corrected chi connectivity index (χ0v) is 10.5. The highest BCUT2D eigenvalue weighted by Crippen LogP contribution is 2.22. The SMILES string of the molecule is CC1(O)CCCN(Cc2ccc(F)c(C#N)c2)C1. The molecule has 96 valence electrons. The Morgan fingerprint density at radius 1 is 1.56 bits per heavy atom. The number of hydrogen-bond donors (Lipinski definition) is 1. The molecule has 18 heavy (non-hydrogen) atoms. The number of likely N-dealkylation sites (tertiary alicyclic amines) is 1. The van der Waals surface area contributed by atoms with Crippen LogP contribution in [0.3, 0.4) is 0 Å². The maximum Gasteiger partial charge on any atom is 0.140 e. The van der Waals surface area contributed by atoms with Gasteiger partial charge in [0.25, 0.3) is 0 Å². The van der Waals surface area contributed by atoms with E-state index in [1.54, 1.807) is 12.1 Å². The van der Waals surface area contributed by atoms with Gasteiger partial charge in [-0.05, 0) is 44.0 Å². The van der Waals surface area contributed by atoms with Gasteiger partial charge in [0.05, 0.1) is 11.2 Å². The summed E-state index contributed by atoms with van der Waals surface area (Å²) in [7, 11) is 0. The Bertz CT molecular complexity index is 479. The van der Waals surface area contributed by atoms with Gasteiger partial charge in [0.2, 0.25) is 0 Å². The van der Waals surface area contributed by atoms with E-state index in [2.05, 4.69) is 4.90 Å². The van der Waals surface area contributed by atoms with Gasteiger partial charge in [-0.15, -0.1) is 0 Å². The first-order valence-electron chi connectivity index (χ1n) is 6.13. The van der Waals surface area contributed by atoms with Crippen LogP contribution in [0.15, 0.2) is 18.2 Å². The topological polar surface area (TPSA) is 47.3 Å². The third kappa shape index (κ3) is 3.06. The number of halogens is 1. The van der Waals surface area contributed by atoms with Crippen LogP contribution in [0.5, 0.6) is 0 Å². The minimum atomic E-state index is -0.643. The van der Waals surface area contributed by atoms with Crippen LogP contribution in [0, 0.1) is 17.1 Å². The standard InChI is InChI=1S/C14H17FN2O/c1-14(18)5-2-6-17(10-14)9-11-3-4-13(15)12(7-11)8-16/h3-4,7,18H,2,5-6,9-10H2,1H3. The van der Waals surface area contributed by atoms with Crippen LogP contribution < -0.4 is 0 Å². The average Bonchev–Trinajstić information content (AvgIpc) is 2.30. The second-order valence-corrected chi connectivity index (χ2v) is 5.24. The van der Waals surface area contributed by atoms with Gasteiger partial charge in [-0.25, -0.2) is 4.39 Å². The molecule has 3 nitrogen and oxygen atoms in total. The van der Waals surface area contributed by atoms with Crippen LogP contribution in [0.2, 0.25) is 0 Å². The summed E-state index contributed by atoms with van der Waals surface area (Å²) in [4.78, 5) is 2.14. The van der Waals surface area contributed by atoms with Crippen molar-refractivity contribution in [2.45, 2.75) is 31.9 Å². The number of aliphatic hydroxyl groups is 1. The highest BCUT2D eigenvalue weighted by molar-refractivity contribution is 5.34. The Labute approximate surface area is 106 Å². The van der Waals surface area contributed by atoms with Crippen molar-refractivity contribution < 1.29 is 9.50 Å². The summed E-state index contributed by atoms with van der Waals surface area (Å²) in [6.45, 7) is 4.03. The second kappa shape index (κ2) is 5.05. The minimum absolute atomic E-state index is 0.0799. The van der Waals surface area contributed by atoms with Crippen molar-refractivity contribution in [1.29, 1.82) is 5.26 Å². The summed E-state index contributed by atoms with van der Waals surface area (Å²) in [5.74, 6) is -0.480. The third-order valence-corrected chi connectivity index (χ3v) is 3.31. The number of rotatable bonds is 2. The van der Waals surface area contributed by atoms with Crippen LogP contribution in [0.4, 0.5) is 4.39 Å². The molecule has 0 spiro atoms. The normalized spacial score (nSPS) is 24.8. The maximum atomic E-state index is 13.2. The van der Waals surface area contributed by atoms with Crippen molar-refractivity contribution in [2.75, 3.05) is 13.1 Å². The van der Waals surface area contributed by atoms with Gasteiger partial charge in [-0.3, -0.25) is 4.90 Å². The molecule has 0 bridgehead atoms. The van der Waals surface area contributed by atoms with E-state index in [4.69, 9.17) is 5.26 Å². The fourth-order valence-corrected chi connectivity index (χ4v) is 2.47. The smallest absolute Gasteiger partial charge is 0.140 e. The minimum Gasteiger partial charge on any atom is -0.389 e. The molecule has 1 atom stereocenters. The molecule has 1 N–H and O–H groups in total. The summed E-state index contributed by atoms with van der Waals surface area (Å²) in [6, 6.07) is 6.45. The lowest BCUT2D eigenvalue weighted by Gasteiger charge is -2.36. The van der Waals surface area contributed by atoms with E-state index in [1.807, 2.05) is 13.0 Å². The first kappa shape index (κ1) is 13.0. The van der Waals surface area contributed by atoms with Crippen LogP contribution in [0.25, 0.3) is 0 Å². The molecule has 1 aliphatic heterocycles. The van der Waals surface area contributed by atoms with Crippen molar-refractivity contribution in [2.24, 2.45) is 0 Å². The predicted molar refractivity (Wildman–Crippen MR) is 66.2 cm³/mol. The Hall–Kier alpha value is -1.44. The summed E-state index contributed by atoms with van der Waals surface area (Å²) in [6.07, 6.45) is 1.77. The summed E-state index contributed by atoms with van der Waals surface area (Å²) < 4.78 is 13.2. The van der Waals surface area contributed by atoms with E-state index < -0.39 is 11.4 Å². The number of nitriles is 1. The van der Waals surface area contributed by atoms with Crippen molar-refractivity contribution >= 4 is 0 Å². The van der Waals surface area contributed by atoms with Crippen molar-refractivity contribution in [3.63, 3.8) is 0 Å². The fraction of sp³-hybridized carbons (Fsp3) is 0.500. The average molecular weight is 248 g/mol. The van der Waals surface area contributed by atoms with Crippen LogP contribution in [0.1, 0.15) is 30.9 Å². The first-order valence-corrected chi connectivity index (χ1v) is 6.13. The molecule has 1 heterocycles. The second-order valence-electron chi connectivity index (χ2n) is 5.24. The molecule has 1 aromatic carbocycles. The van der Waals surface area contributed by atoms with E-state index in [1.165, 1.54) is 6.07 Å². The molecule has 1 aromatic rings. The van der Waals surface area contributed by atoms with Gasteiger partial charge in [-0.2, -0.15) is 5.26 Å². The van der Waals surface area contributed by atoms with Gasteiger partial charge in [0, 0.05) is 13.1 Å². The monoisotopic (exact) mass is 248 g/mol. The number of nitrogens with zero attached hydrogens (tertiary/aromatic N) is 2. The van der Waals surface area contributed by atoms with E-state index in [0.717, 1.165) is 24.9 Å². The lowest BCUT2D eigenvalue weighted by atomic mass is 9.95. The maximum absolute atomic E-state index is 13.2. The van der Waals surface area contributed by atoms with Crippen molar-refractivity contribution in [1.82, 2.24) is 4.90 Å². The molecule has 1 unspecified atom stereocenters. The van der Waals surface area contributed by atoms with Crippen molar-refractivity contribution in [3.8, 4) is 6.07 Å². The fourth-order valence-electron chi connectivity index (χ4n) is 2.47. The highest BCUT2D eigenvalue weighted by atomic mass is 19.1. The van der Waals surface area contributed by atoms with Gasteiger partial charge in [-0.1, -0.05) is 6.07 Å². The Kier molecular flexibility index (Phi) is 3.65. The van der Waals surface area contributed by atoms with Gasteiger partial charge >= 0.3 is 0 Å². The number of β-amino-alcohol motifs (C(OH)–C–C–N with tert-alkyl or cyclic N) is 1. The molecule has 0 amide bonds. The van der Waals surface area contributed by atoms with Crippen LogP contribution >= 0.6 is 0 Å². The largest absolute Gasteiger partial charge is 0.389 e. The molecule has 1 saturated heterocycles. The number of hydrogen-bond acceptors (Lipinski definition) is 3. The number of benzene rings is 1. The Morgan fingerprint density at radius 2 is 2.33 bits per heavy atom. The van der Waals surface area contributed by atoms with E-state index in [-0.39, 0.29) is 5.56 Å². The van der Waals surface area contributed by atoms with E-state index >= 15 is 0 Å². The molecule has 0 saturated carbocycles. The lowest BCUT2D eigenvalue weighted by Crippen LogP contribution is -2.45. The molecule has 1 fully saturated rings. The molecule has 0 aromatic heterocycles. The van der Waals surface area contributed by atoms with Gasteiger partial charge < -0.3 is 5.11 Å². The molecule has 0 radical (unpaired) electrons. The van der Waals surface area contributed by atoms with Crippen LogP contribution in [-0.2, 0) is 6.54 Å². The lowest BCUT2D eigenvalue weighted by molar-refractivity contribution is -0.0181. The van der Waals surface area contributed by atoms with E-state index in [9.17, 15) is 9.50 Å². The Morgan fingerprint density at radius 3 is 3.00 bits per heavy atom. The van der Waals surface area contributed by atoms with Gasteiger partial charge in [0.1, 0.15) is 11.9 Å². The highest BCUT2D eigenvalue weighted by Gasteiger charge is 2.28. The molecule has 1 aliphatic rings.